The monoisotopic (exact) mass is 481 g/mol. The fraction of sp³-hybridized carbons (Fsp3) is 0.273. The normalized spacial score (nSPS) is 15.3. The molecule has 4 rings (SSSR count). The Morgan fingerprint density at radius 1 is 1.27 bits per heavy atom. The molecular formula is C22H20BrN5OS. The molecule has 2 aromatic heterocycles. The second kappa shape index (κ2) is 8.94. The Balaban J connectivity index is 1.97. The number of nitrogens with zero attached hydrogens (tertiary/aromatic N) is 5. The first kappa shape index (κ1) is 20.5. The van der Waals surface area contributed by atoms with Gasteiger partial charge in [0.25, 0.3) is 5.56 Å². The molecule has 0 spiro atoms. The van der Waals surface area contributed by atoms with Crippen LogP contribution in [0.15, 0.2) is 46.2 Å². The molecule has 0 saturated heterocycles. The summed E-state index contributed by atoms with van der Waals surface area (Å²) in [7, 11) is 0. The quantitative estimate of drug-likeness (QED) is 0.536. The first-order valence-corrected chi connectivity index (χ1v) is 11.4. The molecule has 0 saturated carbocycles. The van der Waals surface area contributed by atoms with E-state index in [0.29, 0.717) is 27.1 Å². The summed E-state index contributed by atoms with van der Waals surface area (Å²) in [6.07, 6.45) is 7.62. The number of benzene rings is 1. The maximum absolute atomic E-state index is 13.1. The lowest BCUT2D eigenvalue weighted by Gasteiger charge is -2.06. The van der Waals surface area contributed by atoms with Crippen molar-refractivity contribution in [3.05, 3.63) is 78.2 Å². The molecule has 152 valence electrons. The van der Waals surface area contributed by atoms with Crippen LogP contribution in [0.2, 0.25) is 0 Å². The first-order valence-electron chi connectivity index (χ1n) is 9.77. The Morgan fingerprint density at radius 2 is 2.07 bits per heavy atom. The van der Waals surface area contributed by atoms with E-state index in [1.54, 1.807) is 10.6 Å². The second-order valence-corrected chi connectivity index (χ2v) is 9.01. The van der Waals surface area contributed by atoms with Gasteiger partial charge in [0, 0.05) is 24.0 Å². The molecule has 3 heterocycles. The van der Waals surface area contributed by atoms with Crippen LogP contribution in [-0.4, -0.2) is 19.3 Å². The zero-order valence-corrected chi connectivity index (χ0v) is 18.7. The van der Waals surface area contributed by atoms with Crippen LogP contribution in [0.1, 0.15) is 36.5 Å². The number of rotatable bonds is 4. The standard InChI is InChI=1S/C22H20BrN5OS/c1-2-11-28-21(29)18(13-15-7-9-16(23)10-8-15)30-22(28)17(14-24)20-26-25-19-6-4-3-5-12-27(19)20/h2,7-10,13H,1,3-6,11-12H2. The Hall–Kier alpha value is -2.76. The van der Waals surface area contributed by atoms with Crippen LogP contribution in [0, 0.1) is 11.3 Å². The summed E-state index contributed by atoms with van der Waals surface area (Å²) in [5.41, 5.74) is 1.17. The summed E-state index contributed by atoms with van der Waals surface area (Å²) >= 11 is 4.73. The van der Waals surface area contributed by atoms with Crippen LogP contribution in [0.5, 0.6) is 0 Å². The van der Waals surface area contributed by atoms with E-state index in [1.807, 2.05) is 34.9 Å². The maximum Gasteiger partial charge on any atom is 0.269 e. The molecule has 1 aliphatic heterocycles. The zero-order valence-electron chi connectivity index (χ0n) is 16.3. The number of thiazole rings is 1. The van der Waals surface area contributed by atoms with E-state index in [9.17, 15) is 10.1 Å². The van der Waals surface area contributed by atoms with Crippen molar-refractivity contribution < 1.29 is 0 Å². The third kappa shape index (κ3) is 3.95. The summed E-state index contributed by atoms with van der Waals surface area (Å²) in [5, 5.41) is 18.7. The van der Waals surface area contributed by atoms with Crippen molar-refractivity contribution in [3.8, 4) is 6.07 Å². The number of hydrogen-bond acceptors (Lipinski definition) is 5. The van der Waals surface area contributed by atoms with Crippen LogP contribution in [0.3, 0.4) is 0 Å². The molecule has 0 bridgehead atoms. The van der Waals surface area contributed by atoms with Crippen molar-refractivity contribution in [2.75, 3.05) is 0 Å². The molecule has 0 atom stereocenters. The van der Waals surface area contributed by atoms with Crippen LogP contribution in [0.4, 0.5) is 0 Å². The molecule has 8 heteroatoms. The van der Waals surface area contributed by atoms with Gasteiger partial charge in [0.05, 0.1) is 4.53 Å². The molecule has 30 heavy (non-hydrogen) atoms. The van der Waals surface area contributed by atoms with E-state index in [0.717, 1.165) is 48.1 Å². The maximum atomic E-state index is 13.1. The largest absolute Gasteiger partial charge is 0.310 e. The van der Waals surface area contributed by atoms with Gasteiger partial charge in [-0.25, -0.2) is 0 Å². The van der Waals surface area contributed by atoms with E-state index >= 15 is 0 Å². The average Bonchev–Trinajstić information content (AvgIpc) is 3.17. The Morgan fingerprint density at radius 3 is 2.80 bits per heavy atom. The minimum absolute atomic E-state index is 0.138. The fourth-order valence-corrected chi connectivity index (χ4v) is 4.95. The molecule has 3 aromatic rings. The van der Waals surface area contributed by atoms with Crippen molar-refractivity contribution >= 4 is 38.9 Å². The summed E-state index contributed by atoms with van der Waals surface area (Å²) < 4.78 is 5.76. The average molecular weight is 482 g/mol. The number of fused-ring (bicyclic) bond motifs is 1. The van der Waals surface area contributed by atoms with Gasteiger partial charge in [-0.1, -0.05) is 40.6 Å². The van der Waals surface area contributed by atoms with Gasteiger partial charge in [-0.15, -0.1) is 28.1 Å². The van der Waals surface area contributed by atoms with Crippen molar-refractivity contribution in [2.45, 2.75) is 38.8 Å². The third-order valence-corrected chi connectivity index (χ3v) is 6.70. The van der Waals surface area contributed by atoms with E-state index in [-0.39, 0.29) is 5.56 Å². The summed E-state index contributed by atoms with van der Waals surface area (Å²) in [5.74, 6) is 1.45. The highest BCUT2D eigenvalue weighted by Crippen LogP contribution is 2.18. The highest BCUT2D eigenvalue weighted by Gasteiger charge is 2.20. The number of aryl methyl sites for hydroxylation is 1. The highest BCUT2D eigenvalue weighted by molar-refractivity contribution is 9.10. The predicted molar refractivity (Wildman–Crippen MR) is 121 cm³/mol. The first-order chi connectivity index (χ1) is 14.6. The number of hydrogen-bond donors (Lipinski definition) is 0. The van der Waals surface area contributed by atoms with Gasteiger partial charge in [0.2, 0.25) is 0 Å². The molecule has 1 aromatic carbocycles. The van der Waals surface area contributed by atoms with Gasteiger partial charge in [0.1, 0.15) is 22.1 Å². The van der Waals surface area contributed by atoms with Crippen LogP contribution >= 0.6 is 27.3 Å². The van der Waals surface area contributed by atoms with E-state index in [2.05, 4.69) is 38.8 Å². The second-order valence-electron chi connectivity index (χ2n) is 7.06. The number of nitriles is 1. The molecule has 1 aliphatic rings. The summed E-state index contributed by atoms with van der Waals surface area (Å²) in [4.78, 5) is 13.1. The van der Waals surface area contributed by atoms with Crippen molar-refractivity contribution in [1.29, 1.82) is 5.26 Å². The molecule has 0 radical (unpaired) electrons. The van der Waals surface area contributed by atoms with Gasteiger partial charge in [-0.2, -0.15) is 5.26 Å². The van der Waals surface area contributed by atoms with Crippen molar-refractivity contribution in [3.63, 3.8) is 0 Å². The SMILES string of the molecule is C=CCn1c(=C(C#N)c2nnc3n2CCCCC3)sc(=Cc2ccc(Br)cc2)c1=O. The lowest BCUT2D eigenvalue weighted by atomic mass is 10.2. The topological polar surface area (TPSA) is 76.5 Å². The van der Waals surface area contributed by atoms with Crippen molar-refractivity contribution in [1.82, 2.24) is 19.3 Å². The van der Waals surface area contributed by atoms with E-state index in [1.165, 1.54) is 11.3 Å². The zero-order chi connectivity index (χ0) is 21.1. The Labute approximate surface area is 186 Å². The van der Waals surface area contributed by atoms with Crippen LogP contribution in [-0.2, 0) is 19.5 Å². The highest BCUT2D eigenvalue weighted by atomic mass is 79.9. The van der Waals surface area contributed by atoms with Gasteiger partial charge < -0.3 is 4.57 Å². The molecule has 0 amide bonds. The lowest BCUT2D eigenvalue weighted by molar-refractivity contribution is 0.626. The molecule has 0 fully saturated rings. The predicted octanol–water partition coefficient (Wildman–Crippen LogP) is 2.73. The van der Waals surface area contributed by atoms with E-state index < -0.39 is 0 Å². The third-order valence-electron chi connectivity index (χ3n) is 5.05. The van der Waals surface area contributed by atoms with Gasteiger partial charge in [0.15, 0.2) is 5.82 Å². The van der Waals surface area contributed by atoms with Gasteiger partial charge in [-0.3, -0.25) is 9.36 Å². The number of halogens is 1. The molecule has 0 unspecified atom stereocenters. The Kier molecular flexibility index (Phi) is 6.11. The van der Waals surface area contributed by atoms with Crippen LogP contribution < -0.4 is 14.8 Å². The molecular weight excluding hydrogens is 462 g/mol. The molecule has 6 nitrogen and oxygen atoms in total. The molecule has 0 N–H and O–H groups in total. The fourth-order valence-electron chi connectivity index (χ4n) is 3.57. The minimum Gasteiger partial charge on any atom is -0.310 e. The summed E-state index contributed by atoms with van der Waals surface area (Å²) in [6.45, 7) is 4.89. The number of aromatic nitrogens is 4. The van der Waals surface area contributed by atoms with Gasteiger partial charge in [-0.05, 0) is 36.6 Å². The lowest BCUT2D eigenvalue weighted by Crippen LogP contribution is -2.32. The smallest absolute Gasteiger partial charge is 0.269 e. The minimum atomic E-state index is -0.138. The number of allylic oxidation sites excluding steroid dienone is 1. The molecule has 0 aliphatic carbocycles. The van der Waals surface area contributed by atoms with Gasteiger partial charge >= 0.3 is 0 Å². The van der Waals surface area contributed by atoms with Crippen molar-refractivity contribution in [2.24, 2.45) is 0 Å². The van der Waals surface area contributed by atoms with Crippen LogP contribution in [0.25, 0.3) is 11.6 Å². The summed E-state index contributed by atoms with van der Waals surface area (Å²) in [6, 6.07) is 10.0. The Bertz CT molecular complexity index is 1310. The van der Waals surface area contributed by atoms with E-state index in [4.69, 9.17) is 0 Å².